The minimum atomic E-state index is -0.313. The molecule has 0 atom stereocenters. The van der Waals surface area contributed by atoms with Crippen LogP contribution in [0.4, 0.5) is 5.13 Å². The fourth-order valence-corrected chi connectivity index (χ4v) is 3.55. The summed E-state index contributed by atoms with van der Waals surface area (Å²) in [5.41, 5.74) is 0.779. The van der Waals surface area contributed by atoms with Gasteiger partial charge in [0, 0.05) is 0 Å². The minimum absolute atomic E-state index is 0.155. The van der Waals surface area contributed by atoms with Gasteiger partial charge < -0.3 is 19.5 Å². The van der Waals surface area contributed by atoms with E-state index in [0.29, 0.717) is 27.6 Å². The molecule has 2 aromatic rings. The highest BCUT2D eigenvalue weighted by atomic mass is 32.2. The van der Waals surface area contributed by atoms with Crippen LogP contribution in [0.3, 0.4) is 0 Å². The lowest BCUT2D eigenvalue weighted by molar-refractivity contribution is -0.139. The van der Waals surface area contributed by atoms with Crippen molar-refractivity contribution in [3.05, 3.63) is 23.8 Å². The lowest BCUT2D eigenvalue weighted by atomic mass is 10.1. The molecule has 1 aromatic carbocycles. The predicted molar refractivity (Wildman–Crippen MR) is 99.1 cm³/mol. The number of carbonyl (C=O) groups is 2. The second-order valence-corrected chi connectivity index (χ2v) is 7.08. The van der Waals surface area contributed by atoms with Gasteiger partial charge in [-0.25, -0.2) is 0 Å². The first kappa shape index (κ1) is 20.0. The van der Waals surface area contributed by atoms with Crippen LogP contribution in [-0.2, 0) is 20.7 Å². The third-order valence-electron chi connectivity index (χ3n) is 3.08. The van der Waals surface area contributed by atoms with E-state index in [1.54, 1.807) is 39.3 Å². The zero-order chi connectivity index (χ0) is 18.9. The van der Waals surface area contributed by atoms with Gasteiger partial charge in [0.25, 0.3) is 0 Å². The van der Waals surface area contributed by atoms with Gasteiger partial charge in [-0.05, 0) is 24.6 Å². The average molecular weight is 397 g/mol. The van der Waals surface area contributed by atoms with E-state index in [2.05, 4.69) is 15.5 Å². The Morgan fingerprint density at radius 3 is 2.65 bits per heavy atom. The van der Waals surface area contributed by atoms with Crippen LogP contribution >= 0.6 is 23.1 Å². The molecule has 0 aliphatic heterocycles. The molecule has 0 aliphatic carbocycles. The number of anilines is 1. The van der Waals surface area contributed by atoms with Crippen molar-refractivity contribution in [1.82, 2.24) is 10.2 Å². The standard InChI is InChI=1S/C16H19N3O5S2/c1-4-24-14(21)9-25-16-19-18-15(26-16)17-13(20)8-10-5-6-11(22-2)12(7-10)23-3/h5-7H,4,8-9H2,1-3H3,(H,17,18,20). The molecule has 0 unspecified atom stereocenters. The molecule has 0 radical (unpaired) electrons. The molecular weight excluding hydrogens is 378 g/mol. The monoisotopic (exact) mass is 397 g/mol. The molecule has 1 aromatic heterocycles. The van der Waals surface area contributed by atoms with E-state index >= 15 is 0 Å². The Bertz CT molecular complexity index is 766. The molecule has 0 spiro atoms. The molecule has 0 fully saturated rings. The molecule has 0 aliphatic rings. The zero-order valence-corrected chi connectivity index (χ0v) is 16.2. The maximum Gasteiger partial charge on any atom is 0.316 e. The number of carbonyl (C=O) groups excluding carboxylic acids is 2. The number of hydrogen-bond donors (Lipinski definition) is 1. The Labute approximate surface area is 159 Å². The lowest BCUT2D eigenvalue weighted by Gasteiger charge is -2.09. The zero-order valence-electron chi connectivity index (χ0n) is 14.6. The largest absolute Gasteiger partial charge is 0.493 e. The number of thioether (sulfide) groups is 1. The van der Waals surface area contributed by atoms with Gasteiger partial charge in [0.1, 0.15) is 0 Å². The summed E-state index contributed by atoms with van der Waals surface area (Å²) in [6.07, 6.45) is 0.158. The number of aromatic nitrogens is 2. The Hall–Kier alpha value is -2.33. The van der Waals surface area contributed by atoms with Crippen molar-refractivity contribution in [3.8, 4) is 11.5 Å². The summed E-state index contributed by atoms with van der Waals surface area (Å²) in [5, 5.41) is 10.9. The second-order valence-electron chi connectivity index (χ2n) is 4.88. The summed E-state index contributed by atoms with van der Waals surface area (Å²) >= 11 is 2.42. The molecular formula is C16H19N3O5S2. The highest BCUT2D eigenvalue weighted by Crippen LogP contribution is 2.28. The molecule has 2 rings (SSSR count). The van der Waals surface area contributed by atoms with Crippen molar-refractivity contribution >= 4 is 40.1 Å². The van der Waals surface area contributed by atoms with E-state index in [4.69, 9.17) is 14.2 Å². The van der Waals surface area contributed by atoms with Crippen molar-refractivity contribution in [2.75, 3.05) is 31.9 Å². The fraction of sp³-hybridized carbons (Fsp3) is 0.375. The van der Waals surface area contributed by atoms with Crippen molar-refractivity contribution < 1.29 is 23.8 Å². The number of nitrogens with one attached hydrogen (secondary N) is 1. The quantitative estimate of drug-likeness (QED) is 0.391. The molecule has 10 heteroatoms. The number of nitrogens with zero attached hydrogens (tertiary/aromatic N) is 2. The molecule has 0 bridgehead atoms. The predicted octanol–water partition coefficient (Wildman–Crippen LogP) is 2.39. The normalized spacial score (nSPS) is 10.3. The first-order valence-corrected chi connectivity index (χ1v) is 9.48. The minimum Gasteiger partial charge on any atom is -0.493 e. The van der Waals surface area contributed by atoms with E-state index in [1.807, 2.05) is 0 Å². The maximum atomic E-state index is 12.2. The summed E-state index contributed by atoms with van der Waals surface area (Å²) in [6, 6.07) is 5.29. The van der Waals surface area contributed by atoms with Crippen molar-refractivity contribution in [1.29, 1.82) is 0 Å². The molecule has 0 saturated carbocycles. The SMILES string of the molecule is CCOC(=O)CSc1nnc(NC(=O)Cc2ccc(OC)c(OC)c2)s1. The highest BCUT2D eigenvalue weighted by Gasteiger charge is 2.12. The van der Waals surface area contributed by atoms with Crippen LogP contribution in [0.2, 0.25) is 0 Å². The van der Waals surface area contributed by atoms with Crippen LogP contribution in [0.15, 0.2) is 22.5 Å². The first-order chi connectivity index (χ1) is 12.5. The van der Waals surface area contributed by atoms with Crippen molar-refractivity contribution in [2.24, 2.45) is 0 Å². The van der Waals surface area contributed by atoms with Gasteiger partial charge in [-0.1, -0.05) is 29.2 Å². The fourth-order valence-electron chi connectivity index (χ4n) is 1.98. The van der Waals surface area contributed by atoms with Gasteiger partial charge in [0.05, 0.1) is 33.0 Å². The Kier molecular flexibility index (Phi) is 7.67. The van der Waals surface area contributed by atoms with E-state index in [0.717, 1.165) is 5.56 Å². The molecule has 1 heterocycles. The van der Waals surface area contributed by atoms with Crippen LogP contribution < -0.4 is 14.8 Å². The van der Waals surface area contributed by atoms with Gasteiger partial charge in [-0.2, -0.15) is 0 Å². The van der Waals surface area contributed by atoms with E-state index in [1.165, 1.54) is 23.1 Å². The van der Waals surface area contributed by atoms with E-state index in [9.17, 15) is 9.59 Å². The topological polar surface area (TPSA) is 99.6 Å². The summed E-state index contributed by atoms with van der Waals surface area (Å²) in [7, 11) is 3.09. The van der Waals surface area contributed by atoms with E-state index < -0.39 is 0 Å². The Morgan fingerprint density at radius 1 is 1.19 bits per heavy atom. The Morgan fingerprint density at radius 2 is 1.96 bits per heavy atom. The smallest absolute Gasteiger partial charge is 0.316 e. The highest BCUT2D eigenvalue weighted by molar-refractivity contribution is 8.01. The summed E-state index contributed by atoms with van der Waals surface area (Å²) in [6.45, 7) is 2.09. The molecule has 1 N–H and O–H groups in total. The number of methoxy groups -OCH3 is 2. The van der Waals surface area contributed by atoms with Crippen molar-refractivity contribution in [2.45, 2.75) is 17.7 Å². The van der Waals surface area contributed by atoms with Crippen LogP contribution in [0.5, 0.6) is 11.5 Å². The van der Waals surface area contributed by atoms with Gasteiger partial charge in [-0.3, -0.25) is 9.59 Å². The molecule has 0 saturated heterocycles. The summed E-state index contributed by atoms with van der Waals surface area (Å²) in [4.78, 5) is 23.5. The third kappa shape index (κ3) is 5.88. The van der Waals surface area contributed by atoms with Crippen molar-refractivity contribution in [3.63, 3.8) is 0 Å². The summed E-state index contributed by atoms with van der Waals surface area (Å²) < 4.78 is 15.8. The number of amides is 1. The number of esters is 1. The first-order valence-electron chi connectivity index (χ1n) is 7.68. The van der Waals surface area contributed by atoms with Crippen LogP contribution in [0, 0.1) is 0 Å². The number of hydrogen-bond acceptors (Lipinski definition) is 9. The second kappa shape index (κ2) is 9.97. The summed E-state index contributed by atoms with van der Waals surface area (Å²) in [5.74, 6) is 0.777. The number of benzene rings is 1. The van der Waals surface area contributed by atoms with Crippen LogP contribution in [0.25, 0.3) is 0 Å². The Balaban J connectivity index is 1.89. The molecule has 140 valence electrons. The third-order valence-corrected chi connectivity index (χ3v) is 5.03. The number of ether oxygens (including phenoxy) is 3. The van der Waals surface area contributed by atoms with E-state index in [-0.39, 0.29) is 24.1 Å². The van der Waals surface area contributed by atoms with Gasteiger partial charge in [0.15, 0.2) is 15.8 Å². The molecule has 8 nitrogen and oxygen atoms in total. The van der Waals surface area contributed by atoms with Gasteiger partial charge in [0.2, 0.25) is 11.0 Å². The molecule has 1 amide bonds. The maximum absolute atomic E-state index is 12.2. The van der Waals surface area contributed by atoms with Gasteiger partial charge in [-0.15, -0.1) is 10.2 Å². The molecule has 26 heavy (non-hydrogen) atoms. The average Bonchev–Trinajstić information content (AvgIpc) is 3.07. The van der Waals surface area contributed by atoms with Gasteiger partial charge >= 0.3 is 5.97 Å². The number of rotatable bonds is 9. The lowest BCUT2D eigenvalue weighted by Crippen LogP contribution is -2.14. The van der Waals surface area contributed by atoms with Crippen LogP contribution in [-0.4, -0.2) is 48.7 Å². The van der Waals surface area contributed by atoms with Crippen LogP contribution in [0.1, 0.15) is 12.5 Å².